The van der Waals surface area contributed by atoms with Gasteiger partial charge in [-0.25, -0.2) is 0 Å². The first-order valence-electron chi connectivity index (χ1n) is 6.84. The van der Waals surface area contributed by atoms with Crippen molar-refractivity contribution in [3.05, 3.63) is 65.9 Å². The van der Waals surface area contributed by atoms with E-state index in [1.807, 2.05) is 42.5 Å². The molecule has 5 nitrogen and oxygen atoms in total. The van der Waals surface area contributed by atoms with Crippen molar-refractivity contribution >= 4 is 17.3 Å². The van der Waals surface area contributed by atoms with Gasteiger partial charge >= 0.3 is 0 Å². The second kappa shape index (κ2) is 5.73. The number of nitrogens with one attached hydrogen (secondary N) is 1. The number of benzene rings is 2. The Bertz CT molecular complexity index is 810. The van der Waals surface area contributed by atoms with Gasteiger partial charge in [0.05, 0.1) is 11.4 Å². The average Bonchev–Trinajstić information content (AvgIpc) is 2.92. The minimum absolute atomic E-state index is 0.296. The van der Waals surface area contributed by atoms with Crippen molar-refractivity contribution in [2.45, 2.75) is 6.92 Å². The molecule has 0 radical (unpaired) electrons. The molecule has 3 rings (SSSR count). The molecule has 0 aliphatic heterocycles. The minimum Gasteiger partial charge on any atom is -0.397 e. The fourth-order valence-corrected chi connectivity index (χ4v) is 2.23. The zero-order chi connectivity index (χ0) is 15.5. The van der Waals surface area contributed by atoms with Crippen molar-refractivity contribution in [1.29, 1.82) is 0 Å². The van der Waals surface area contributed by atoms with E-state index in [4.69, 9.17) is 10.3 Å². The van der Waals surface area contributed by atoms with E-state index in [0.717, 1.165) is 5.56 Å². The molecular weight excluding hydrogens is 278 g/mol. The molecule has 0 spiro atoms. The Morgan fingerprint density at radius 1 is 1.09 bits per heavy atom. The van der Waals surface area contributed by atoms with Crippen LogP contribution in [0.2, 0.25) is 0 Å². The van der Waals surface area contributed by atoms with Crippen LogP contribution in [0, 0.1) is 6.92 Å². The third-order valence-electron chi connectivity index (χ3n) is 3.35. The lowest BCUT2D eigenvalue weighted by atomic mass is 10.1. The summed E-state index contributed by atoms with van der Waals surface area (Å²) in [5, 5.41) is 6.80. The Morgan fingerprint density at radius 3 is 2.50 bits per heavy atom. The predicted molar refractivity (Wildman–Crippen MR) is 85.5 cm³/mol. The number of nitrogens with two attached hydrogens (primary N) is 1. The number of carbonyl (C=O) groups excluding carboxylic acids is 1. The summed E-state index contributed by atoms with van der Waals surface area (Å²) in [5.41, 5.74) is 8.68. The highest BCUT2D eigenvalue weighted by atomic mass is 16.5. The highest BCUT2D eigenvalue weighted by Crippen LogP contribution is 2.26. The maximum Gasteiger partial charge on any atom is 0.261 e. The van der Waals surface area contributed by atoms with Gasteiger partial charge in [-0.1, -0.05) is 47.6 Å². The molecule has 110 valence electrons. The van der Waals surface area contributed by atoms with E-state index in [-0.39, 0.29) is 5.91 Å². The molecule has 0 aliphatic rings. The van der Waals surface area contributed by atoms with Gasteiger partial charge in [-0.3, -0.25) is 4.79 Å². The monoisotopic (exact) mass is 293 g/mol. The standard InChI is InChI=1S/C17H15N3O2/c1-11-15(16(20-22-11)12-7-3-2-4-8-12)17(21)19-14-10-6-5-9-13(14)18/h2-10H,18H2,1H3,(H,19,21). The molecule has 1 aromatic heterocycles. The van der Waals surface area contributed by atoms with Crippen LogP contribution in [0.4, 0.5) is 11.4 Å². The second-order valence-electron chi connectivity index (χ2n) is 4.87. The number of aromatic nitrogens is 1. The van der Waals surface area contributed by atoms with Crippen LogP contribution in [0.1, 0.15) is 16.1 Å². The fraction of sp³-hybridized carbons (Fsp3) is 0.0588. The largest absolute Gasteiger partial charge is 0.397 e. The third kappa shape index (κ3) is 2.56. The van der Waals surface area contributed by atoms with Crippen LogP contribution in [0.25, 0.3) is 11.3 Å². The fourth-order valence-electron chi connectivity index (χ4n) is 2.23. The van der Waals surface area contributed by atoms with Crippen LogP contribution in [0.15, 0.2) is 59.1 Å². The summed E-state index contributed by atoms with van der Waals surface area (Å²) < 4.78 is 5.20. The highest BCUT2D eigenvalue weighted by molar-refractivity contribution is 6.09. The van der Waals surface area contributed by atoms with E-state index >= 15 is 0 Å². The Labute approximate surface area is 127 Å². The van der Waals surface area contributed by atoms with Crippen LogP contribution in [-0.4, -0.2) is 11.1 Å². The topological polar surface area (TPSA) is 81.2 Å². The number of anilines is 2. The third-order valence-corrected chi connectivity index (χ3v) is 3.35. The minimum atomic E-state index is -0.296. The first kappa shape index (κ1) is 13.9. The van der Waals surface area contributed by atoms with Gasteiger partial charge in [0.2, 0.25) is 0 Å². The molecule has 0 saturated heterocycles. The lowest BCUT2D eigenvalue weighted by Crippen LogP contribution is -2.14. The maximum absolute atomic E-state index is 12.6. The van der Waals surface area contributed by atoms with Gasteiger partial charge in [-0.2, -0.15) is 0 Å². The number of aryl methyl sites for hydroxylation is 1. The number of para-hydroxylation sites is 2. The van der Waals surface area contributed by atoms with Gasteiger partial charge in [0.25, 0.3) is 5.91 Å². The van der Waals surface area contributed by atoms with Crippen LogP contribution in [0.3, 0.4) is 0 Å². The number of hydrogen-bond donors (Lipinski definition) is 2. The molecule has 1 heterocycles. The molecule has 0 fully saturated rings. The van der Waals surface area contributed by atoms with Gasteiger partial charge in [-0.05, 0) is 19.1 Å². The molecule has 22 heavy (non-hydrogen) atoms. The molecule has 2 aromatic carbocycles. The van der Waals surface area contributed by atoms with E-state index in [9.17, 15) is 4.79 Å². The summed E-state index contributed by atoms with van der Waals surface area (Å²) >= 11 is 0. The van der Waals surface area contributed by atoms with E-state index in [0.29, 0.717) is 28.4 Å². The predicted octanol–water partition coefficient (Wildman–Crippen LogP) is 3.48. The van der Waals surface area contributed by atoms with Gasteiger partial charge in [0.15, 0.2) is 0 Å². The number of nitrogens with zero attached hydrogens (tertiary/aromatic N) is 1. The molecule has 0 atom stereocenters. The Balaban J connectivity index is 1.97. The first-order chi connectivity index (χ1) is 10.7. The Hall–Kier alpha value is -3.08. The van der Waals surface area contributed by atoms with E-state index in [1.165, 1.54) is 0 Å². The van der Waals surface area contributed by atoms with Crippen molar-refractivity contribution in [1.82, 2.24) is 5.16 Å². The van der Waals surface area contributed by atoms with Crippen molar-refractivity contribution in [2.24, 2.45) is 0 Å². The van der Waals surface area contributed by atoms with E-state index in [1.54, 1.807) is 19.1 Å². The van der Waals surface area contributed by atoms with Crippen LogP contribution >= 0.6 is 0 Å². The van der Waals surface area contributed by atoms with E-state index < -0.39 is 0 Å². The molecule has 3 N–H and O–H groups in total. The molecule has 5 heteroatoms. The molecule has 1 amide bonds. The van der Waals surface area contributed by atoms with Gasteiger partial charge in [0, 0.05) is 5.56 Å². The first-order valence-corrected chi connectivity index (χ1v) is 6.84. The van der Waals surface area contributed by atoms with Crippen molar-refractivity contribution in [2.75, 3.05) is 11.1 Å². The van der Waals surface area contributed by atoms with Crippen molar-refractivity contribution < 1.29 is 9.32 Å². The number of amides is 1. The van der Waals surface area contributed by atoms with Gasteiger partial charge in [-0.15, -0.1) is 0 Å². The van der Waals surface area contributed by atoms with E-state index in [2.05, 4.69) is 10.5 Å². The molecule has 0 unspecified atom stereocenters. The number of rotatable bonds is 3. The molecule has 0 aliphatic carbocycles. The zero-order valence-corrected chi connectivity index (χ0v) is 12.0. The average molecular weight is 293 g/mol. The van der Waals surface area contributed by atoms with Gasteiger partial charge in [0.1, 0.15) is 17.0 Å². The maximum atomic E-state index is 12.6. The SMILES string of the molecule is Cc1onc(-c2ccccc2)c1C(=O)Nc1ccccc1N. The zero-order valence-electron chi connectivity index (χ0n) is 12.0. The summed E-state index contributed by atoms with van der Waals surface area (Å²) in [5.74, 6) is 0.168. The van der Waals surface area contributed by atoms with Crippen LogP contribution in [0.5, 0.6) is 0 Å². The Morgan fingerprint density at radius 2 is 1.77 bits per heavy atom. The molecule has 0 saturated carbocycles. The quantitative estimate of drug-likeness (QED) is 0.724. The summed E-state index contributed by atoms with van der Waals surface area (Å²) in [4.78, 5) is 12.6. The Kier molecular flexibility index (Phi) is 3.62. The smallest absolute Gasteiger partial charge is 0.261 e. The molecular formula is C17H15N3O2. The summed E-state index contributed by atoms with van der Waals surface area (Å²) in [6, 6.07) is 16.5. The summed E-state index contributed by atoms with van der Waals surface area (Å²) in [6.07, 6.45) is 0. The number of nitrogen functional groups attached to an aromatic ring is 1. The van der Waals surface area contributed by atoms with Crippen LogP contribution < -0.4 is 11.1 Å². The molecule has 0 bridgehead atoms. The lowest BCUT2D eigenvalue weighted by Gasteiger charge is -2.08. The van der Waals surface area contributed by atoms with Crippen molar-refractivity contribution in [3.8, 4) is 11.3 Å². The normalized spacial score (nSPS) is 10.4. The van der Waals surface area contributed by atoms with Gasteiger partial charge < -0.3 is 15.6 Å². The highest BCUT2D eigenvalue weighted by Gasteiger charge is 2.21. The lowest BCUT2D eigenvalue weighted by molar-refractivity contribution is 0.102. The second-order valence-corrected chi connectivity index (χ2v) is 4.87. The summed E-state index contributed by atoms with van der Waals surface area (Å²) in [6.45, 7) is 1.71. The van der Waals surface area contributed by atoms with Crippen molar-refractivity contribution in [3.63, 3.8) is 0 Å². The number of hydrogen-bond acceptors (Lipinski definition) is 4. The number of carbonyl (C=O) groups is 1. The molecule has 3 aromatic rings. The van der Waals surface area contributed by atoms with Crippen LogP contribution in [-0.2, 0) is 0 Å². The summed E-state index contributed by atoms with van der Waals surface area (Å²) in [7, 11) is 0.